The van der Waals surface area contributed by atoms with Crippen molar-refractivity contribution in [2.24, 2.45) is 16.3 Å². The molecule has 0 aromatic heterocycles. The first-order valence-electron chi connectivity index (χ1n) is 11.1. The van der Waals surface area contributed by atoms with Gasteiger partial charge in [-0.3, -0.25) is 4.99 Å². The van der Waals surface area contributed by atoms with Gasteiger partial charge in [-0.15, -0.1) is 0 Å². The predicted molar refractivity (Wildman–Crippen MR) is 115 cm³/mol. The highest BCUT2D eigenvalue weighted by atomic mass is 16.5. The Hall–Kier alpha value is -1.95. The fraction of sp³-hybridized carbons (Fsp3) is 0.696. The summed E-state index contributed by atoms with van der Waals surface area (Å²) in [6, 6.07) is 6.71. The molecule has 3 unspecified atom stereocenters. The number of nitrogens with zero attached hydrogens (tertiary/aromatic N) is 1. The van der Waals surface area contributed by atoms with Crippen LogP contribution >= 0.6 is 0 Å². The van der Waals surface area contributed by atoms with Crippen LogP contribution in [0.15, 0.2) is 23.2 Å². The van der Waals surface area contributed by atoms with E-state index in [1.807, 2.05) is 20.0 Å². The molecule has 1 spiro atoms. The average molecular weight is 402 g/mol. The molecule has 1 saturated heterocycles. The van der Waals surface area contributed by atoms with E-state index in [2.05, 4.69) is 27.8 Å². The number of aliphatic imine (C=N–C) groups is 1. The fourth-order valence-corrected chi connectivity index (χ4v) is 5.44. The Bertz CT molecular complexity index is 732. The van der Waals surface area contributed by atoms with Gasteiger partial charge in [0.1, 0.15) is 0 Å². The van der Waals surface area contributed by atoms with Gasteiger partial charge in [-0.2, -0.15) is 0 Å². The summed E-state index contributed by atoms with van der Waals surface area (Å²) >= 11 is 0. The van der Waals surface area contributed by atoms with E-state index in [1.165, 1.54) is 31.2 Å². The lowest BCUT2D eigenvalue weighted by Gasteiger charge is -2.63. The number of rotatable bonds is 8. The highest BCUT2D eigenvalue weighted by Crippen LogP contribution is 2.62. The van der Waals surface area contributed by atoms with Gasteiger partial charge in [0.15, 0.2) is 17.5 Å². The van der Waals surface area contributed by atoms with E-state index >= 15 is 0 Å². The summed E-state index contributed by atoms with van der Waals surface area (Å²) in [6.07, 6.45) is 7.61. The van der Waals surface area contributed by atoms with Gasteiger partial charge in [0.2, 0.25) is 0 Å². The first-order chi connectivity index (χ1) is 14.2. The van der Waals surface area contributed by atoms with Gasteiger partial charge in [-0.25, -0.2) is 0 Å². The van der Waals surface area contributed by atoms with E-state index in [-0.39, 0.29) is 0 Å². The number of aryl methyl sites for hydroxylation is 1. The molecule has 1 aromatic rings. The van der Waals surface area contributed by atoms with Crippen molar-refractivity contribution in [1.82, 2.24) is 10.6 Å². The van der Waals surface area contributed by atoms with Crippen molar-refractivity contribution in [3.8, 4) is 11.5 Å². The zero-order valence-electron chi connectivity index (χ0n) is 18.0. The first-order valence-corrected chi connectivity index (χ1v) is 11.1. The molecule has 160 valence electrons. The van der Waals surface area contributed by atoms with Gasteiger partial charge in [0.25, 0.3) is 0 Å². The number of fused-ring (bicyclic) bond motifs is 2. The van der Waals surface area contributed by atoms with Crippen molar-refractivity contribution in [3.05, 3.63) is 23.8 Å². The smallest absolute Gasteiger partial charge is 0.191 e. The summed E-state index contributed by atoms with van der Waals surface area (Å²) in [5.74, 6) is 3.20. The molecule has 1 aliphatic heterocycles. The lowest BCUT2D eigenvalue weighted by molar-refractivity contribution is -0.171. The number of nitrogens with one attached hydrogen (secondary N) is 2. The Balaban J connectivity index is 1.25. The van der Waals surface area contributed by atoms with Crippen molar-refractivity contribution in [2.75, 3.05) is 33.9 Å². The number of benzene rings is 1. The van der Waals surface area contributed by atoms with Crippen LogP contribution in [0.2, 0.25) is 0 Å². The van der Waals surface area contributed by atoms with Crippen LogP contribution in [0.4, 0.5) is 0 Å². The highest BCUT2D eigenvalue weighted by Gasteiger charge is 2.66. The average Bonchev–Trinajstić information content (AvgIpc) is 3.11. The molecule has 2 N–H and O–H groups in total. The summed E-state index contributed by atoms with van der Waals surface area (Å²) in [5, 5.41) is 7.24. The third-order valence-electron chi connectivity index (χ3n) is 7.01. The minimum Gasteiger partial charge on any atom is -0.493 e. The maximum atomic E-state index is 6.03. The van der Waals surface area contributed by atoms with Gasteiger partial charge in [-0.1, -0.05) is 12.5 Å². The van der Waals surface area contributed by atoms with Crippen LogP contribution in [0.3, 0.4) is 0 Å². The van der Waals surface area contributed by atoms with Gasteiger partial charge < -0.3 is 24.8 Å². The van der Waals surface area contributed by atoms with Gasteiger partial charge >= 0.3 is 0 Å². The molecule has 0 radical (unpaired) electrons. The molecule has 6 heteroatoms. The summed E-state index contributed by atoms with van der Waals surface area (Å²) in [4.78, 5) is 4.47. The summed E-state index contributed by atoms with van der Waals surface area (Å²) in [7, 11) is 3.54. The number of ether oxygens (including phenoxy) is 3. The molecule has 6 nitrogen and oxygen atoms in total. The second kappa shape index (κ2) is 8.82. The second-order valence-electron chi connectivity index (χ2n) is 8.47. The van der Waals surface area contributed by atoms with Gasteiger partial charge in [0, 0.05) is 37.6 Å². The molecule has 4 rings (SSSR count). The molecule has 0 bridgehead atoms. The Kier molecular flexibility index (Phi) is 6.18. The Labute approximate surface area is 174 Å². The molecule has 3 atom stereocenters. The quantitative estimate of drug-likeness (QED) is 0.398. The second-order valence-corrected chi connectivity index (χ2v) is 8.47. The van der Waals surface area contributed by atoms with Crippen LogP contribution in [0.5, 0.6) is 11.5 Å². The van der Waals surface area contributed by atoms with Crippen LogP contribution in [0, 0.1) is 11.3 Å². The minimum absolute atomic E-state index is 0.373. The standard InChI is InChI=1S/C23H35N3O3/c1-4-28-19-15-16(8-9-18(19)27-3)7-5-13-25-22(24-2)26-20-17-10-14-29-21(17)23(20)11-6-12-23/h8-9,15,17,20-21H,4-7,10-14H2,1-3H3,(H2,24,25,26). The normalized spacial score (nSPS) is 27.0. The minimum atomic E-state index is 0.373. The number of methoxy groups -OCH3 is 1. The van der Waals surface area contributed by atoms with E-state index in [1.54, 1.807) is 7.11 Å². The van der Waals surface area contributed by atoms with Crippen molar-refractivity contribution in [2.45, 2.75) is 57.6 Å². The molecule has 1 heterocycles. The summed E-state index contributed by atoms with van der Waals surface area (Å²) < 4.78 is 17.1. The zero-order valence-corrected chi connectivity index (χ0v) is 18.0. The molecule has 2 saturated carbocycles. The molecule has 2 aliphatic carbocycles. The van der Waals surface area contributed by atoms with Crippen molar-refractivity contribution < 1.29 is 14.2 Å². The fourth-order valence-electron chi connectivity index (χ4n) is 5.44. The third-order valence-corrected chi connectivity index (χ3v) is 7.01. The van der Waals surface area contributed by atoms with Gasteiger partial charge in [-0.05, 0) is 56.7 Å². The largest absolute Gasteiger partial charge is 0.493 e. The SMILES string of the molecule is CCOc1cc(CCCNC(=NC)NC2C3CCOC3C23CCC3)ccc1OC. The van der Waals surface area contributed by atoms with Crippen LogP contribution in [-0.2, 0) is 11.2 Å². The van der Waals surface area contributed by atoms with E-state index in [4.69, 9.17) is 14.2 Å². The maximum absolute atomic E-state index is 6.03. The third kappa shape index (κ3) is 3.79. The summed E-state index contributed by atoms with van der Waals surface area (Å²) in [5.41, 5.74) is 1.63. The van der Waals surface area contributed by atoms with Crippen LogP contribution in [0.25, 0.3) is 0 Å². The number of hydrogen-bond acceptors (Lipinski definition) is 4. The van der Waals surface area contributed by atoms with Crippen molar-refractivity contribution in [3.63, 3.8) is 0 Å². The number of guanidine groups is 1. The lowest BCUT2D eigenvalue weighted by Crippen LogP contribution is -2.72. The van der Waals surface area contributed by atoms with Crippen LogP contribution in [0.1, 0.15) is 44.6 Å². The van der Waals surface area contributed by atoms with Crippen molar-refractivity contribution in [1.29, 1.82) is 0 Å². The molecular formula is C23H35N3O3. The Morgan fingerprint density at radius 2 is 2.17 bits per heavy atom. The number of hydrogen-bond donors (Lipinski definition) is 2. The van der Waals surface area contributed by atoms with E-state index in [0.29, 0.717) is 30.1 Å². The highest BCUT2D eigenvalue weighted by molar-refractivity contribution is 5.80. The van der Waals surface area contributed by atoms with Crippen LogP contribution < -0.4 is 20.1 Å². The first kappa shape index (κ1) is 20.3. The van der Waals surface area contributed by atoms with Crippen LogP contribution in [-0.4, -0.2) is 52.0 Å². The van der Waals surface area contributed by atoms with Crippen molar-refractivity contribution >= 4 is 5.96 Å². The predicted octanol–water partition coefficient (Wildman–Crippen LogP) is 3.15. The molecule has 29 heavy (non-hydrogen) atoms. The van der Waals surface area contributed by atoms with E-state index < -0.39 is 0 Å². The van der Waals surface area contributed by atoms with E-state index in [0.717, 1.165) is 43.5 Å². The Morgan fingerprint density at radius 3 is 2.86 bits per heavy atom. The topological polar surface area (TPSA) is 64.1 Å². The molecule has 3 fully saturated rings. The lowest BCUT2D eigenvalue weighted by atomic mass is 9.46. The molecule has 0 amide bonds. The molecule has 3 aliphatic rings. The maximum Gasteiger partial charge on any atom is 0.191 e. The summed E-state index contributed by atoms with van der Waals surface area (Å²) in [6.45, 7) is 4.44. The molecule has 1 aromatic carbocycles. The monoisotopic (exact) mass is 401 g/mol. The van der Waals surface area contributed by atoms with E-state index in [9.17, 15) is 0 Å². The molecular weight excluding hydrogens is 366 g/mol. The van der Waals surface area contributed by atoms with Gasteiger partial charge in [0.05, 0.1) is 19.8 Å². The Morgan fingerprint density at radius 1 is 1.31 bits per heavy atom. The zero-order chi connectivity index (χ0) is 20.3.